The van der Waals surface area contributed by atoms with Crippen molar-refractivity contribution in [2.24, 2.45) is 0 Å². The summed E-state index contributed by atoms with van der Waals surface area (Å²) < 4.78 is 1.26. The van der Waals surface area contributed by atoms with Gasteiger partial charge in [0, 0.05) is 10.4 Å². The largest absolute Gasteiger partial charge is 0.139 e. The fraction of sp³-hybridized carbons (Fsp3) is 0.167. The summed E-state index contributed by atoms with van der Waals surface area (Å²) in [6.45, 7) is 0. The van der Waals surface area contributed by atoms with Gasteiger partial charge in [0.05, 0.1) is 0 Å². The van der Waals surface area contributed by atoms with Crippen LogP contribution in [-0.4, -0.2) is 62.8 Å². The number of halogens is 1. The monoisotopic (exact) mass is 330 g/mol. The van der Waals surface area contributed by atoms with Gasteiger partial charge in [-0.25, -0.2) is 0 Å². The second-order valence-corrected chi connectivity index (χ2v) is 7.53. The molecule has 0 amide bonds. The molecule has 0 nitrogen and oxygen atoms in total. The van der Waals surface area contributed by atoms with Crippen molar-refractivity contribution in [2.45, 2.75) is 11.7 Å². The first kappa shape index (κ1) is 17.1. The van der Waals surface area contributed by atoms with Crippen LogP contribution >= 0.6 is 15.9 Å². The first-order chi connectivity index (χ1) is 9.68. The van der Waals surface area contributed by atoms with Crippen LogP contribution in [0, 0.1) is 0 Å². The Labute approximate surface area is 144 Å². The third kappa shape index (κ3) is 2.71. The number of hydrogen-bond acceptors (Lipinski definition) is 0. The van der Waals surface area contributed by atoms with E-state index in [-0.39, 0.29) is 0 Å². The van der Waals surface area contributed by atoms with E-state index in [2.05, 4.69) is 84.8 Å². The highest BCUT2D eigenvalue weighted by Gasteiger charge is 2.27. The molecule has 0 saturated heterocycles. The van der Waals surface area contributed by atoms with Gasteiger partial charge in [0.1, 0.15) is 62.8 Å². The van der Waals surface area contributed by atoms with Crippen LogP contribution in [0.25, 0.3) is 0 Å². The molecule has 2 rings (SSSR count). The highest BCUT2D eigenvalue weighted by Crippen LogP contribution is 2.40. The highest BCUT2D eigenvalue weighted by molar-refractivity contribution is 9.12. The van der Waals surface area contributed by atoms with E-state index in [9.17, 15) is 0 Å². The van der Waals surface area contributed by atoms with E-state index in [0.29, 0.717) is 11.7 Å². The Bertz CT molecular complexity index is 649. The molecule has 1 aromatic rings. The molecule has 0 aromatic heterocycles. The Balaban J connectivity index is 2.70. The number of rotatable bonds is 1. The summed E-state index contributed by atoms with van der Waals surface area (Å²) in [6, 6.07) is 0. The van der Waals surface area contributed by atoms with Gasteiger partial charge in [0.25, 0.3) is 0 Å². The van der Waals surface area contributed by atoms with Gasteiger partial charge < -0.3 is 0 Å². The van der Waals surface area contributed by atoms with Crippen LogP contribution in [0.3, 0.4) is 0 Å². The van der Waals surface area contributed by atoms with Crippen LogP contribution in [0.4, 0.5) is 0 Å². The molecule has 0 aliphatic heterocycles. The predicted molar refractivity (Wildman–Crippen MR) is 123 cm³/mol. The van der Waals surface area contributed by atoms with Gasteiger partial charge in [-0.3, -0.25) is 0 Å². The van der Waals surface area contributed by atoms with Crippen LogP contribution in [0.15, 0.2) is 21.5 Å². The maximum absolute atomic E-state index is 3.76. The molecule has 1 aliphatic rings. The van der Waals surface area contributed by atoms with Crippen LogP contribution < -0.4 is 27.3 Å². The van der Waals surface area contributed by atoms with Crippen molar-refractivity contribution in [3.8, 4) is 0 Å². The van der Waals surface area contributed by atoms with Crippen molar-refractivity contribution in [1.29, 1.82) is 0 Å². The number of benzene rings is 1. The second-order valence-electron chi connectivity index (χ2n) is 6.68. The molecular formula is C12H19B8Br. The molecule has 0 fully saturated rings. The maximum atomic E-state index is 3.76. The van der Waals surface area contributed by atoms with Crippen molar-refractivity contribution in [1.82, 2.24) is 0 Å². The van der Waals surface area contributed by atoms with Crippen LogP contribution in [0.2, 0.25) is 5.82 Å². The van der Waals surface area contributed by atoms with Gasteiger partial charge in [-0.15, -0.1) is 21.9 Å². The third-order valence-corrected chi connectivity index (χ3v) is 6.75. The van der Waals surface area contributed by atoms with Crippen molar-refractivity contribution in [3.05, 3.63) is 27.1 Å². The lowest BCUT2D eigenvalue weighted by Crippen LogP contribution is -2.57. The normalized spacial score (nSPS) is 22.2. The van der Waals surface area contributed by atoms with Gasteiger partial charge in [0.2, 0.25) is 0 Å². The zero-order chi connectivity index (χ0) is 16.1. The first-order valence-corrected chi connectivity index (χ1v) is 8.59. The van der Waals surface area contributed by atoms with Crippen molar-refractivity contribution in [2.75, 3.05) is 0 Å². The minimum absolute atomic E-state index is 0.473. The highest BCUT2D eigenvalue weighted by atomic mass is 79.9. The number of hydrogen-bond donors (Lipinski definition) is 0. The molecule has 21 heavy (non-hydrogen) atoms. The van der Waals surface area contributed by atoms with E-state index < -0.39 is 0 Å². The molecule has 2 unspecified atom stereocenters. The average Bonchev–Trinajstić information content (AvgIpc) is 2.46. The molecule has 9 heteroatoms. The van der Waals surface area contributed by atoms with Crippen molar-refractivity contribution < 1.29 is 0 Å². The summed E-state index contributed by atoms with van der Waals surface area (Å²) in [7, 11) is 18.2. The first-order valence-electron chi connectivity index (χ1n) is 7.80. The molecule has 0 saturated carbocycles. The van der Waals surface area contributed by atoms with Crippen LogP contribution in [0.5, 0.6) is 0 Å². The zero-order valence-corrected chi connectivity index (χ0v) is 16.2. The SMILES string of the molecule is BC1=C(B)C(B)C(c2c(B)c(B)c(B)c(B)c2B)C=C1Br. The summed E-state index contributed by atoms with van der Waals surface area (Å²) in [5.74, 6) is 1.03. The Morgan fingerprint density at radius 3 is 1.67 bits per heavy atom. The number of allylic oxidation sites excluding steroid dienone is 4. The summed E-state index contributed by atoms with van der Waals surface area (Å²) in [5, 5.41) is 0. The Morgan fingerprint density at radius 2 is 1.19 bits per heavy atom. The molecule has 0 bridgehead atoms. The summed E-state index contributed by atoms with van der Waals surface area (Å²) in [5.41, 5.74) is 11.7. The van der Waals surface area contributed by atoms with Crippen LogP contribution in [-0.2, 0) is 0 Å². The van der Waals surface area contributed by atoms with Gasteiger partial charge in [-0.1, -0.05) is 44.0 Å². The fourth-order valence-electron chi connectivity index (χ4n) is 3.59. The van der Waals surface area contributed by atoms with E-state index in [1.807, 2.05) is 0 Å². The molecule has 0 radical (unpaired) electrons. The average molecular weight is 330 g/mol. The topological polar surface area (TPSA) is 0 Å². The molecule has 0 heterocycles. The standard InChI is InChI=1S/C12H19B8Br/c13-5-2(1-3(21)6(14)9(5)17)4-7(15)10(18)12(20)11(19)8(4)16/h1-2,5H,13-20H2. The quantitative estimate of drug-likeness (QED) is 0.449. The van der Waals surface area contributed by atoms with Crippen molar-refractivity contribution in [3.63, 3.8) is 0 Å². The van der Waals surface area contributed by atoms with Gasteiger partial charge in [-0.05, 0) is 5.82 Å². The zero-order valence-electron chi connectivity index (χ0n) is 14.6. The Morgan fingerprint density at radius 1 is 0.762 bits per heavy atom. The molecule has 98 valence electrons. The molecule has 0 spiro atoms. The molecular weight excluding hydrogens is 311 g/mol. The van der Waals surface area contributed by atoms with E-state index >= 15 is 0 Å². The Kier molecular flexibility index (Phi) is 4.93. The minimum atomic E-state index is 0.473. The van der Waals surface area contributed by atoms with Crippen LogP contribution in [0.1, 0.15) is 11.5 Å². The van der Waals surface area contributed by atoms with Crippen molar-refractivity contribution >= 4 is 106 Å². The van der Waals surface area contributed by atoms with Gasteiger partial charge in [0.15, 0.2) is 0 Å². The minimum Gasteiger partial charge on any atom is -0.119 e. The van der Waals surface area contributed by atoms with E-state index in [1.165, 1.54) is 48.3 Å². The second kappa shape index (κ2) is 6.07. The van der Waals surface area contributed by atoms with E-state index in [4.69, 9.17) is 0 Å². The Hall–Kier alpha value is -0.301. The van der Waals surface area contributed by atoms with E-state index in [0.717, 1.165) is 0 Å². The maximum Gasteiger partial charge on any atom is 0.139 e. The fourth-order valence-corrected chi connectivity index (χ4v) is 4.19. The lowest BCUT2D eigenvalue weighted by molar-refractivity contribution is 0.846. The lowest BCUT2D eigenvalue weighted by Gasteiger charge is -2.34. The van der Waals surface area contributed by atoms with E-state index in [1.54, 1.807) is 0 Å². The predicted octanol–water partition coefficient (Wildman–Crippen LogP) is -7.75. The summed E-state index contributed by atoms with van der Waals surface area (Å²) >= 11 is 3.76. The third-order valence-electron chi connectivity index (χ3n) is 5.89. The van der Waals surface area contributed by atoms with Gasteiger partial charge in [-0.2, -0.15) is 0 Å². The summed E-state index contributed by atoms with van der Waals surface area (Å²) in [6.07, 6.45) is 2.41. The lowest BCUT2D eigenvalue weighted by atomic mass is 9.52. The molecule has 1 aromatic carbocycles. The molecule has 0 N–H and O–H groups in total. The molecule has 2 atom stereocenters. The van der Waals surface area contributed by atoms with Gasteiger partial charge >= 0.3 is 0 Å². The smallest absolute Gasteiger partial charge is 0.119 e. The molecule has 1 aliphatic carbocycles. The summed E-state index contributed by atoms with van der Waals surface area (Å²) in [4.78, 5) is 0.